The summed E-state index contributed by atoms with van der Waals surface area (Å²) in [5.74, 6) is -0.652. The summed E-state index contributed by atoms with van der Waals surface area (Å²) in [4.78, 5) is 34.0. The Morgan fingerprint density at radius 1 is 1.41 bits per heavy atom. The zero-order chi connectivity index (χ0) is 20.6. The molecule has 29 heavy (non-hydrogen) atoms. The number of hydrogen-bond acceptors (Lipinski definition) is 6. The van der Waals surface area contributed by atoms with E-state index in [9.17, 15) is 14.7 Å². The van der Waals surface area contributed by atoms with E-state index in [0.717, 1.165) is 35.9 Å². The van der Waals surface area contributed by atoms with Crippen molar-refractivity contribution in [2.45, 2.75) is 38.5 Å². The van der Waals surface area contributed by atoms with E-state index in [1.807, 2.05) is 31.3 Å². The zero-order valence-corrected chi connectivity index (χ0v) is 16.6. The summed E-state index contributed by atoms with van der Waals surface area (Å²) in [6, 6.07) is 7.40. The van der Waals surface area contributed by atoms with Gasteiger partial charge in [0.05, 0.1) is 24.1 Å². The summed E-state index contributed by atoms with van der Waals surface area (Å²) < 4.78 is 5.18. The van der Waals surface area contributed by atoms with Crippen LogP contribution in [0.5, 0.6) is 0 Å². The fourth-order valence-corrected chi connectivity index (χ4v) is 5.13. The number of aliphatic hydroxyl groups excluding tert-OH is 1. The van der Waals surface area contributed by atoms with E-state index in [2.05, 4.69) is 9.97 Å². The molecule has 1 N–H and O–H groups in total. The average molecular weight is 392 g/mol. The number of aliphatic hydroxyl groups is 1. The molecule has 0 aliphatic heterocycles. The molecule has 150 valence electrons. The normalized spacial score (nSPS) is 27.2. The number of aromatic nitrogens is 2. The highest BCUT2D eigenvalue weighted by Gasteiger charge is 2.54. The van der Waals surface area contributed by atoms with Crippen molar-refractivity contribution in [3.05, 3.63) is 71.0 Å². The third-order valence-corrected chi connectivity index (χ3v) is 6.42. The number of aryl methyl sites for hydroxylation is 1. The van der Waals surface area contributed by atoms with Crippen LogP contribution in [0.15, 0.2) is 48.6 Å². The second-order valence-electron chi connectivity index (χ2n) is 7.80. The molecule has 4 rings (SSSR count). The zero-order valence-electron chi connectivity index (χ0n) is 16.6. The van der Waals surface area contributed by atoms with Crippen LogP contribution in [0.25, 0.3) is 0 Å². The maximum Gasteiger partial charge on any atom is 0.338 e. The Labute approximate surface area is 169 Å². The van der Waals surface area contributed by atoms with Gasteiger partial charge in [-0.15, -0.1) is 0 Å². The predicted octanol–water partition coefficient (Wildman–Crippen LogP) is 3.55. The van der Waals surface area contributed by atoms with Crippen LogP contribution in [0, 0.1) is 11.8 Å². The van der Waals surface area contributed by atoms with E-state index in [0.29, 0.717) is 24.2 Å². The lowest BCUT2D eigenvalue weighted by molar-refractivity contribution is -0.123. The standard InChI is InChI=1S/C23H24N2O4/c1-3-29-22(28)15-5-4-6-18(9-15)23-10-17(12-26)20(27)14(2)19(23)8-7-16-11-24-13-25-21(16)23/h4-6,9,11-14,19,26H,3,7-8,10H2,1-2H3/b17-12-/t14-,19-,23+/m0/s1. The fourth-order valence-electron chi connectivity index (χ4n) is 5.13. The Morgan fingerprint density at radius 2 is 2.24 bits per heavy atom. The van der Waals surface area contributed by atoms with Crippen LogP contribution in [-0.4, -0.2) is 33.4 Å². The first kappa shape index (κ1) is 19.3. The molecule has 1 aromatic heterocycles. The first-order chi connectivity index (χ1) is 14.0. The van der Waals surface area contributed by atoms with Crippen molar-refractivity contribution in [1.82, 2.24) is 9.97 Å². The van der Waals surface area contributed by atoms with E-state index < -0.39 is 5.41 Å². The van der Waals surface area contributed by atoms with Gasteiger partial charge in [-0.25, -0.2) is 14.8 Å². The minimum Gasteiger partial charge on any atom is -0.515 e. The van der Waals surface area contributed by atoms with Crippen molar-refractivity contribution < 1.29 is 19.4 Å². The Morgan fingerprint density at radius 3 is 3.00 bits per heavy atom. The molecule has 2 aromatic rings. The van der Waals surface area contributed by atoms with Crippen LogP contribution in [-0.2, 0) is 21.4 Å². The van der Waals surface area contributed by atoms with Gasteiger partial charge in [0.25, 0.3) is 0 Å². The van der Waals surface area contributed by atoms with Gasteiger partial charge in [0.1, 0.15) is 6.33 Å². The van der Waals surface area contributed by atoms with Gasteiger partial charge < -0.3 is 9.84 Å². The Hall–Kier alpha value is -3.02. The first-order valence-corrected chi connectivity index (χ1v) is 9.97. The van der Waals surface area contributed by atoms with Crippen molar-refractivity contribution in [3.8, 4) is 0 Å². The second-order valence-corrected chi connectivity index (χ2v) is 7.80. The van der Waals surface area contributed by atoms with Gasteiger partial charge in [0, 0.05) is 23.1 Å². The number of carbonyl (C=O) groups is 2. The molecule has 6 heteroatoms. The van der Waals surface area contributed by atoms with Gasteiger partial charge in [-0.05, 0) is 55.4 Å². The number of hydrogen-bond donors (Lipinski definition) is 1. The lowest BCUT2D eigenvalue weighted by Crippen LogP contribution is -2.51. The van der Waals surface area contributed by atoms with Gasteiger partial charge in [0.15, 0.2) is 5.78 Å². The highest BCUT2D eigenvalue weighted by atomic mass is 16.5. The number of nitrogens with zero attached hydrogens (tertiary/aromatic N) is 2. The smallest absolute Gasteiger partial charge is 0.338 e. The summed E-state index contributed by atoms with van der Waals surface area (Å²) in [7, 11) is 0. The van der Waals surface area contributed by atoms with Crippen LogP contribution < -0.4 is 0 Å². The topological polar surface area (TPSA) is 89.4 Å². The molecule has 6 nitrogen and oxygen atoms in total. The number of esters is 1. The van der Waals surface area contributed by atoms with Crippen LogP contribution in [0.2, 0.25) is 0 Å². The van der Waals surface area contributed by atoms with Gasteiger partial charge in [-0.3, -0.25) is 4.79 Å². The molecular formula is C23H24N2O4. The highest BCUT2D eigenvalue weighted by Crippen LogP contribution is 2.55. The molecule has 2 aliphatic carbocycles. The lowest BCUT2D eigenvalue weighted by atomic mass is 9.52. The van der Waals surface area contributed by atoms with E-state index in [1.54, 1.807) is 13.0 Å². The van der Waals surface area contributed by atoms with Crippen molar-refractivity contribution in [3.63, 3.8) is 0 Å². The Bertz CT molecular complexity index is 1000. The average Bonchev–Trinajstić information content (AvgIpc) is 2.76. The maximum atomic E-state index is 12.8. The molecule has 0 unspecified atom stereocenters. The summed E-state index contributed by atoms with van der Waals surface area (Å²) in [5.41, 5.74) is 3.08. The number of benzene rings is 1. The van der Waals surface area contributed by atoms with Crippen LogP contribution in [0.3, 0.4) is 0 Å². The summed E-state index contributed by atoms with van der Waals surface area (Å²) in [5, 5.41) is 9.80. The fraction of sp³-hybridized carbons (Fsp3) is 0.391. The molecule has 0 spiro atoms. The summed E-state index contributed by atoms with van der Waals surface area (Å²) in [6.07, 6.45) is 6.25. The molecule has 1 heterocycles. The van der Waals surface area contributed by atoms with Gasteiger partial charge in [0.2, 0.25) is 0 Å². The molecule has 0 radical (unpaired) electrons. The summed E-state index contributed by atoms with van der Waals surface area (Å²) in [6.45, 7) is 4.00. The molecule has 0 bridgehead atoms. The highest BCUT2D eigenvalue weighted by molar-refractivity contribution is 5.99. The molecule has 1 fully saturated rings. The van der Waals surface area contributed by atoms with Crippen molar-refractivity contribution in [1.29, 1.82) is 0 Å². The third kappa shape index (κ3) is 2.94. The Balaban J connectivity index is 1.96. The van der Waals surface area contributed by atoms with Gasteiger partial charge >= 0.3 is 5.97 Å². The number of Topliss-reactive ketones (excluding diaryl/α,β-unsaturated/α-hetero) is 1. The monoisotopic (exact) mass is 392 g/mol. The van der Waals surface area contributed by atoms with Crippen LogP contribution in [0.1, 0.15) is 53.9 Å². The van der Waals surface area contributed by atoms with Crippen molar-refractivity contribution in [2.24, 2.45) is 11.8 Å². The quantitative estimate of drug-likeness (QED) is 0.488. The van der Waals surface area contributed by atoms with Crippen molar-refractivity contribution in [2.75, 3.05) is 6.61 Å². The second kappa shape index (κ2) is 7.43. The predicted molar refractivity (Wildman–Crippen MR) is 107 cm³/mol. The third-order valence-electron chi connectivity index (χ3n) is 6.42. The van der Waals surface area contributed by atoms with Gasteiger partial charge in [-0.2, -0.15) is 0 Å². The van der Waals surface area contributed by atoms with Crippen molar-refractivity contribution >= 4 is 11.8 Å². The van der Waals surface area contributed by atoms with E-state index in [4.69, 9.17) is 4.74 Å². The van der Waals surface area contributed by atoms with Crippen LogP contribution >= 0.6 is 0 Å². The van der Waals surface area contributed by atoms with E-state index >= 15 is 0 Å². The number of ether oxygens (including phenoxy) is 1. The number of rotatable bonds is 3. The molecule has 3 atom stereocenters. The van der Waals surface area contributed by atoms with Crippen LogP contribution in [0.4, 0.5) is 0 Å². The van der Waals surface area contributed by atoms with E-state index in [-0.39, 0.29) is 23.6 Å². The number of carbonyl (C=O) groups excluding carboxylic acids is 2. The maximum absolute atomic E-state index is 12.8. The van der Waals surface area contributed by atoms with E-state index in [1.165, 1.54) is 6.33 Å². The number of ketones is 1. The SMILES string of the molecule is CCOC(=O)c1cccc([C@]23C/C(=C/O)C(=O)[C@@H](C)[C@@H]2CCc2cncnc23)c1. The molecule has 1 aromatic carbocycles. The minimum atomic E-state index is -0.610. The number of fused-ring (bicyclic) bond motifs is 3. The molecule has 1 saturated carbocycles. The van der Waals surface area contributed by atoms with Gasteiger partial charge in [-0.1, -0.05) is 19.1 Å². The lowest BCUT2D eigenvalue weighted by Gasteiger charge is -2.50. The molecule has 2 aliphatic rings. The summed E-state index contributed by atoms with van der Waals surface area (Å²) >= 11 is 0. The first-order valence-electron chi connectivity index (χ1n) is 9.97. The largest absolute Gasteiger partial charge is 0.515 e. The Kier molecular flexibility index (Phi) is 4.94. The molecule has 0 saturated heterocycles. The molecular weight excluding hydrogens is 368 g/mol. The minimum absolute atomic E-state index is 0.0125. The number of allylic oxidation sites excluding steroid dienone is 1. The molecule has 0 amide bonds.